The molecule has 0 bridgehead atoms. The summed E-state index contributed by atoms with van der Waals surface area (Å²) in [4.78, 5) is 0. The van der Waals surface area contributed by atoms with Crippen molar-refractivity contribution in [3.8, 4) is 22.3 Å². The van der Waals surface area contributed by atoms with E-state index in [-0.39, 0.29) is 0 Å². The van der Waals surface area contributed by atoms with Crippen LogP contribution in [-0.4, -0.2) is 0 Å². The molecule has 0 radical (unpaired) electrons. The van der Waals surface area contributed by atoms with Crippen LogP contribution in [0.4, 0.5) is 0 Å². The molecule has 156 valence electrons. The van der Waals surface area contributed by atoms with E-state index in [9.17, 15) is 0 Å². The zero-order chi connectivity index (χ0) is 21.9. The quantitative estimate of drug-likeness (QED) is 0.242. The summed E-state index contributed by atoms with van der Waals surface area (Å²) in [5.74, 6) is 0. The molecule has 2 heterocycles. The van der Waals surface area contributed by atoms with E-state index in [1.54, 1.807) is 0 Å². The standard InChI is InChI=1S/C30H17BrO2/c31-22-10-5-18(6-11-22)19-7-12-29-25(15-19)26-17-21(9-14-30(26)33-29)20-8-13-28-24(16-20)23-3-1-2-4-27(23)32-28/h1-17H. The minimum Gasteiger partial charge on any atom is -0.456 e. The topological polar surface area (TPSA) is 26.3 Å². The summed E-state index contributed by atoms with van der Waals surface area (Å²) in [7, 11) is 0. The van der Waals surface area contributed by atoms with E-state index in [2.05, 4.69) is 107 Å². The molecule has 0 saturated heterocycles. The van der Waals surface area contributed by atoms with Gasteiger partial charge in [0.2, 0.25) is 0 Å². The predicted molar refractivity (Wildman–Crippen MR) is 140 cm³/mol. The molecule has 0 atom stereocenters. The van der Waals surface area contributed by atoms with E-state index < -0.39 is 0 Å². The maximum atomic E-state index is 6.15. The lowest BCUT2D eigenvalue weighted by molar-refractivity contribution is 0.668. The summed E-state index contributed by atoms with van der Waals surface area (Å²) in [5, 5.41) is 4.53. The zero-order valence-corrected chi connectivity index (χ0v) is 19.1. The van der Waals surface area contributed by atoms with Crippen molar-refractivity contribution in [1.82, 2.24) is 0 Å². The van der Waals surface area contributed by atoms with Crippen LogP contribution >= 0.6 is 15.9 Å². The summed E-state index contributed by atoms with van der Waals surface area (Å²) in [6.45, 7) is 0. The van der Waals surface area contributed by atoms with Crippen LogP contribution in [0.25, 0.3) is 66.1 Å². The molecule has 3 heteroatoms. The first-order valence-electron chi connectivity index (χ1n) is 10.9. The second kappa shape index (κ2) is 7.09. The van der Waals surface area contributed by atoms with Crippen LogP contribution < -0.4 is 0 Å². The van der Waals surface area contributed by atoms with Gasteiger partial charge in [-0.05, 0) is 76.9 Å². The lowest BCUT2D eigenvalue weighted by Crippen LogP contribution is -1.79. The van der Waals surface area contributed by atoms with Crippen LogP contribution in [-0.2, 0) is 0 Å². The predicted octanol–water partition coefficient (Wildman–Crippen LogP) is 9.58. The molecule has 0 fully saturated rings. The highest BCUT2D eigenvalue weighted by atomic mass is 79.9. The van der Waals surface area contributed by atoms with Crippen LogP contribution in [0.15, 0.2) is 116 Å². The molecule has 0 aliphatic rings. The van der Waals surface area contributed by atoms with Crippen molar-refractivity contribution >= 4 is 59.8 Å². The number of hydrogen-bond acceptors (Lipinski definition) is 2. The molecule has 0 spiro atoms. The molecular weight excluding hydrogens is 472 g/mol. The minimum atomic E-state index is 0.900. The van der Waals surface area contributed by atoms with Gasteiger partial charge in [0.05, 0.1) is 0 Å². The third-order valence-corrected chi connectivity index (χ3v) is 6.89. The Morgan fingerprint density at radius 1 is 0.394 bits per heavy atom. The van der Waals surface area contributed by atoms with Gasteiger partial charge in [0.15, 0.2) is 0 Å². The normalized spacial score (nSPS) is 11.8. The van der Waals surface area contributed by atoms with Crippen LogP contribution in [0.2, 0.25) is 0 Å². The average Bonchev–Trinajstić information content (AvgIpc) is 3.41. The first-order valence-corrected chi connectivity index (χ1v) is 11.7. The molecule has 33 heavy (non-hydrogen) atoms. The van der Waals surface area contributed by atoms with E-state index in [0.717, 1.165) is 59.5 Å². The SMILES string of the molecule is Brc1ccc(-c2ccc3oc4ccc(-c5ccc6oc7ccccc7c6c5)cc4c3c2)cc1. The van der Waals surface area contributed by atoms with Crippen molar-refractivity contribution < 1.29 is 8.83 Å². The Kier molecular flexibility index (Phi) is 4.02. The lowest BCUT2D eigenvalue weighted by atomic mass is 9.99. The Balaban J connectivity index is 1.40. The minimum absolute atomic E-state index is 0.900. The summed E-state index contributed by atoms with van der Waals surface area (Å²) < 4.78 is 13.2. The van der Waals surface area contributed by atoms with Gasteiger partial charge in [-0.2, -0.15) is 0 Å². The van der Waals surface area contributed by atoms with Crippen LogP contribution in [0, 0.1) is 0 Å². The highest BCUT2D eigenvalue weighted by Crippen LogP contribution is 2.37. The fraction of sp³-hybridized carbons (Fsp3) is 0. The molecular formula is C30H17BrO2. The number of para-hydroxylation sites is 1. The van der Waals surface area contributed by atoms with Crippen molar-refractivity contribution in [2.75, 3.05) is 0 Å². The monoisotopic (exact) mass is 488 g/mol. The van der Waals surface area contributed by atoms with E-state index >= 15 is 0 Å². The van der Waals surface area contributed by atoms with Crippen LogP contribution in [0.5, 0.6) is 0 Å². The largest absolute Gasteiger partial charge is 0.456 e. The van der Waals surface area contributed by atoms with Crippen molar-refractivity contribution in [3.63, 3.8) is 0 Å². The molecule has 7 aromatic rings. The molecule has 0 aliphatic carbocycles. The van der Waals surface area contributed by atoms with Crippen LogP contribution in [0.1, 0.15) is 0 Å². The number of furan rings is 2. The smallest absolute Gasteiger partial charge is 0.135 e. The maximum absolute atomic E-state index is 6.15. The second-order valence-corrected chi connectivity index (χ2v) is 9.26. The van der Waals surface area contributed by atoms with Crippen molar-refractivity contribution in [1.29, 1.82) is 0 Å². The summed E-state index contributed by atoms with van der Waals surface area (Å²) in [6, 6.07) is 35.8. The van der Waals surface area contributed by atoms with E-state index in [0.29, 0.717) is 0 Å². The van der Waals surface area contributed by atoms with Gasteiger partial charge in [-0.25, -0.2) is 0 Å². The van der Waals surface area contributed by atoms with Gasteiger partial charge in [0.1, 0.15) is 22.3 Å². The lowest BCUT2D eigenvalue weighted by Gasteiger charge is -2.03. The van der Waals surface area contributed by atoms with E-state index in [4.69, 9.17) is 8.83 Å². The number of hydrogen-bond donors (Lipinski definition) is 0. The third kappa shape index (κ3) is 3.00. The molecule has 0 amide bonds. The Morgan fingerprint density at radius 3 is 1.39 bits per heavy atom. The Bertz CT molecular complexity index is 1820. The first-order chi connectivity index (χ1) is 16.2. The van der Waals surface area contributed by atoms with Gasteiger partial charge < -0.3 is 8.83 Å². The molecule has 2 aromatic heterocycles. The average molecular weight is 489 g/mol. The van der Waals surface area contributed by atoms with Gasteiger partial charge in [-0.15, -0.1) is 0 Å². The molecule has 0 saturated carbocycles. The van der Waals surface area contributed by atoms with Gasteiger partial charge in [-0.3, -0.25) is 0 Å². The van der Waals surface area contributed by atoms with Gasteiger partial charge in [0.25, 0.3) is 0 Å². The fourth-order valence-electron chi connectivity index (χ4n) is 4.68. The highest BCUT2D eigenvalue weighted by molar-refractivity contribution is 9.10. The van der Waals surface area contributed by atoms with Crippen molar-refractivity contribution in [3.05, 3.63) is 108 Å². The molecule has 2 nitrogen and oxygen atoms in total. The molecule has 7 rings (SSSR count). The summed E-state index contributed by atoms with van der Waals surface area (Å²) >= 11 is 3.52. The van der Waals surface area contributed by atoms with Gasteiger partial charge >= 0.3 is 0 Å². The molecule has 5 aromatic carbocycles. The summed E-state index contributed by atoms with van der Waals surface area (Å²) in [6.07, 6.45) is 0. The Morgan fingerprint density at radius 2 is 0.818 bits per heavy atom. The fourth-order valence-corrected chi connectivity index (χ4v) is 4.95. The number of benzene rings is 5. The second-order valence-electron chi connectivity index (χ2n) is 8.34. The first kappa shape index (κ1) is 18.7. The number of rotatable bonds is 2. The van der Waals surface area contributed by atoms with Gasteiger partial charge in [-0.1, -0.05) is 64.5 Å². The molecule has 0 aliphatic heterocycles. The zero-order valence-electron chi connectivity index (χ0n) is 17.5. The maximum Gasteiger partial charge on any atom is 0.135 e. The summed E-state index contributed by atoms with van der Waals surface area (Å²) in [5.41, 5.74) is 8.31. The Hall–Kier alpha value is -3.82. The highest BCUT2D eigenvalue weighted by Gasteiger charge is 2.12. The van der Waals surface area contributed by atoms with Crippen molar-refractivity contribution in [2.45, 2.75) is 0 Å². The Labute approximate surface area is 198 Å². The molecule has 0 unspecified atom stereocenters. The number of fused-ring (bicyclic) bond motifs is 6. The van der Waals surface area contributed by atoms with Crippen molar-refractivity contribution in [2.24, 2.45) is 0 Å². The molecule has 0 N–H and O–H groups in total. The van der Waals surface area contributed by atoms with E-state index in [1.807, 2.05) is 12.1 Å². The number of halogens is 1. The third-order valence-electron chi connectivity index (χ3n) is 6.36. The van der Waals surface area contributed by atoms with Crippen LogP contribution in [0.3, 0.4) is 0 Å². The van der Waals surface area contributed by atoms with Gasteiger partial charge in [0, 0.05) is 26.0 Å². The van der Waals surface area contributed by atoms with E-state index in [1.165, 1.54) is 11.1 Å².